The highest BCUT2D eigenvalue weighted by Gasteiger charge is 2.45. The molecule has 1 saturated heterocycles. The van der Waals surface area contributed by atoms with Gasteiger partial charge in [-0.2, -0.15) is 0 Å². The number of anilines is 1. The van der Waals surface area contributed by atoms with Gasteiger partial charge in [-0.1, -0.05) is 111 Å². The molecule has 0 aliphatic carbocycles. The summed E-state index contributed by atoms with van der Waals surface area (Å²) in [5.74, 6) is 0.379. The van der Waals surface area contributed by atoms with Gasteiger partial charge in [0.15, 0.2) is 0 Å². The summed E-state index contributed by atoms with van der Waals surface area (Å²) >= 11 is 2.07. The predicted molar refractivity (Wildman–Crippen MR) is 174 cm³/mol. The zero-order valence-corrected chi connectivity index (χ0v) is 25.6. The number of hydrogen-bond donors (Lipinski definition) is 0. The molecule has 41 heavy (non-hydrogen) atoms. The molecule has 4 heteroatoms. The standard InChI is InChI=1S/C37H43NO2S/c1-5-34-27(2)35(39-25-29-13-8-6-9-14-29)36(40-26-30-15-10-7-11-16-30)37(41-34)32-18-12-17-31(24-32)23-28-19-21-33(22-20-28)38(3)4/h6-22,24,27,34-37H,5,23,25-26H2,1-4H3/t27-,34-,35+,36-,37+/m1/s1. The molecule has 5 rings (SSSR count). The number of hydrogen-bond acceptors (Lipinski definition) is 4. The molecule has 0 bridgehead atoms. The first-order chi connectivity index (χ1) is 20.0. The fourth-order valence-corrected chi connectivity index (χ4v) is 7.46. The molecular weight excluding hydrogens is 522 g/mol. The Kier molecular flexibility index (Phi) is 10.2. The van der Waals surface area contributed by atoms with E-state index < -0.39 is 0 Å². The summed E-state index contributed by atoms with van der Waals surface area (Å²) in [7, 11) is 4.16. The van der Waals surface area contributed by atoms with E-state index in [1.165, 1.54) is 33.5 Å². The van der Waals surface area contributed by atoms with Crippen molar-refractivity contribution in [2.45, 2.75) is 62.6 Å². The molecule has 3 nitrogen and oxygen atoms in total. The first kappa shape index (κ1) is 29.4. The van der Waals surface area contributed by atoms with Gasteiger partial charge in [0.05, 0.1) is 24.6 Å². The van der Waals surface area contributed by atoms with E-state index in [0.717, 1.165) is 12.8 Å². The van der Waals surface area contributed by atoms with Crippen LogP contribution < -0.4 is 4.90 Å². The highest BCUT2D eigenvalue weighted by atomic mass is 32.2. The van der Waals surface area contributed by atoms with E-state index in [9.17, 15) is 0 Å². The first-order valence-electron chi connectivity index (χ1n) is 14.8. The normalized spacial score (nSPS) is 22.4. The highest BCUT2D eigenvalue weighted by Crippen LogP contribution is 2.49. The zero-order chi connectivity index (χ0) is 28.6. The van der Waals surface area contributed by atoms with Crippen LogP contribution in [0.15, 0.2) is 109 Å². The molecule has 1 heterocycles. The Bertz CT molecular complexity index is 1340. The smallest absolute Gasteiger partial charge is 0.100 e. The van der Waals surface area contributed by atoms with Crippen LogP contribution in [0.5, 0.6) is 0 Å². The third-order valence-corrected chi connectivity index (χ3v) is 10.1. The van der Waals surface area contributed by atoms with E-state index >= 15 is 0 Å². The lowest BCUT2D eigenvalue weighted by molar-refractivity contribution is -0.112. The third-order valence-electron chi connectivity index (χ3n) is 8.16. The molecule has 0 unspecified atom stereocenters. The fraction of sp³-hybridized carbons (Fsp3) is 0.351. The summed E-state index contributed by atoms with van der Waals surface area (Å²) in [5, 5.41) is 0.691. The van der Waals surface area contributed by atoms with Crippen LogP contribution >= 0.6 is 11.8 Å². The summed E-state index contributed by atoms with van der Waals surface area (Å²) in [6, 6.07) is 39.1. The van der Waals surface area contributed by atoms with Crippen molar-refractivity contribution in [3.8, 4) is 0 Å². The maximum atomic E-state index is 6.84. The first-order valence-corrected chi connectivity index (χ1v) is 15.8. The van der Waals surface area contributed by atoms with Crippen molar-refractivity contribution in [2.24, 2.45) is 5.92 Å². The molecule has 1 aliphatic rings. The number of nitrogens with zero attached hydrogens (tertiary/aromatic N) is 1. The Hall–Kier alpha value is -3.05. The van der Waals surface area contributed by atoms with E-state index in [2.05, 4.69) is 154 Å². The van der Waals surface area contributed by atoms with Crippen LogP contribution in [-0.4, -0.2) is 31.6 Å². The number of benzene rings is 4. The van der Waals surface area contributed by atoms with Gasteiger partial charge in [0.2, 0.25) is 0 Å². The Labute approximate surface area is 250 Å². The molecule has 0 saturated carbocycles. The van der Waals surface area contributed by atoms with E-state index in [1.54, 1.807) is 0 Å². The second-order valence-corrected chi connectivity index (χ2v) is 12.8. The van der Waals surface area contributed by atoms with Crippen LogP contribution in [0.2, 0.25) is 0 Å². The lowest BCUT2D eigenvalue weighted by Gasteiger charge is -2.45. The van der Waals surface area contributed by atoms with Gasteiger partial charge in [-0.25, -0.2) is 0 Å². The van der Waals surface area contributed by atoms with Gasteiger partial charge in [-0.05, 0) is 58.7 Å². The quantitative estimate of drug-likeness (QED) is 0.181. The number of thioether (sulfide) groups is 1. The third kappa shape index (κ3) is 7.62. The summed E-state index contributed by atoms with van der Waals surface area (Å²) < 4.78 is 13.6. The molecule has 0 aromatic heterocycles. The minimum Gasteiger partial charge on any atom is -0.378 e. The van der Waals surface area contributed by atoms with Crippen LogP contribution in [0.25, 0.3) is 0 Å². The fourth-order valence-electron chi connectivity index (χ4n) is 5.80. The molecule has 4 aromatic carbocycles. The van der Waals surface area contributed by atoms with Crippen LogP contribution in [0.1, 0.15) is 53.3 Å². The van der Waals surface area contributed by atoms with Gasteiger partial charge in [0.1, 0.15) is 6.10 Å². The van der Waals surface area contributed by atoms with Crippen LogP contribution in [-0.2, 0) is 29.1 Å². The lowest BCUT2D eigenvalue weighted by Crippen LogP contribution is -2.48. The maximum Gasteiger partial charge on any atom is 0.100 e. The minimum absolute atomic E-state index is 0.00245. The van der Waals surface area contributed by atoms with Crippen molar-refractivity contribution in [1.29, 1.82) is 0 Å². The van der Waals surface area contributed by atoms with Crippen molar-refractivity contribution in [1.82, 2.24) is 0 Å². The Morgan fingerprint density at radius 2 is 1.24 bits per heavy atom. The summed E-state index contributed by atoms with van der Waals surface area (Å²) in [6.45, 7) is 5.82. The van der Waals surface area contributed by atoms with Crippen molar-refractivity contribution in [3.05, 3.63) is 137 Å². The van der Waals surface area contributed by atoms with Crippen LogP contribution in [0.4, 0.5) is 5.69 Å². The zero-order valence-electron chi connectivity index (χ0n) is 24.8. The lowest BCUT2D eigenvalue weighted by atomic mass is 9.89. The van der Waals surface area contributed by atoms with E-state index in [-0.39, 0.29) is 17.5 Å². The second-order valence-electron chi connectivity index (χ2n) is 11.4. The summed E-state index contributed by atoms with van der Waals surface area (Å²) in [5.41, 5.74) is 7.60. The van der Waals surface area contributed by atoms with Crippen molar-refractivity contribution in [3.63, 3.8) is 0 Å². The number of rotatable bonds is 11. The average molecular weight is 566 g/mol. The molecule has 0 radical (unpaired) electrons. The van der Waals surface area contributed by atoms with Gasteiger partial charge >= 0.3 is 0 Å². The molecule has 0 spiro atoms. The van der Waals surface area contributed by atoms with Crippen molar-refractivity contribution in [2.75, 3.05) is 19.0 Å². The minimum atomic E-state index is -0.0589. The summed E-state index contributed by atoms with van der Waals surface area (Å²) in [4.78, 5) is 2.14. The molecule has 1 aliphatic heterocycles. The average Bonchev–Trinajstić information content (AvgIpc) is 3.01. The van der Waals surface area contributed by atoms with Gasteiger partial charge in [-0.3, -0.25) is 0 Å². The van der Waals surface area contributed by atoms with E-state index in [4.69, 9.17) is 9.47 Å². The van der Waals surface area contributed by atoms with Gasteiger partial charge in [0, 0.05) is 25.0 Å². The van der Waals surface area contributed by atoms with Crippen LogP contribution in [0.3, 0.4) is 0 Å². The van der Waals surface area contributed by atoms with Gasteiger partial charge in [0.25, 0.3) is 0 Å². The SMILES string of the molecule is CC[C@H]1S[C@@H](c2cccc(Cc3ccc(N(C)C)cc3)c2)[C@H](OCc2ccccc2)[C@@H](OCc2ccccc2)[C@@H]1C. The monoisotopic (exact) mass is 565 g/mol. The summed E-state index contributed by atoms with van der Waals surface area (Å²) in [6.07, 6.45) is 1.96. The molecule has 4 aromatic rings. The van der Waals surface area contributed by atoms with Crippen LogP contribution in [0, 0.1) is 5.92 Å². The Balaban J connectivity index is 1.42. The molecule has 5 atom stereocenters. The number of ether oxygens (including phenoxy) is 2. The van der Waals surface area contributed by atoms with Gasteiger partial charge in [-0.15, -0.1) is 11.8 Å². The topological polar surface area (TPSA) is 21.7 Å². The molecule has 1 fully saturated rings. The molecular formula is C37H43NO2S. The Morgan fingerprint density at radius 3 is 1.83 bits per heavy atom. The molecule has 214 valence electrons. The van der Waals surface area contributed by atoms with Crippen molar-refractivity contribution < 1.29 is 9.47 Å². The Morgan fingerprint density at radius 1 is 0.659 bits per heavy atom. The highest BCUT2D eigenvalue weighted by molar-refractivity contribution is 8.00. The maximum absolute atomic E-state index is 6.84. The second kappa shape index (κ2) is 14.2. The van der Waals surface area contributed by atoms with E-state index in [1.807, 2.05) is 0 Å². The van der Waals surface area contributed by atoms with E-state index in [0.29, 0.717) is 24.4 Å². The molecule has 0 amide bonds. The molecule has 0 N–H and O–H groups in total. The largest absolute Gasteiger partial charge is 0.378 e. The predicted octanol–water partition coefficient (Wildman–Crippen LogP) is 8.72. The van der Waals surface area contributed by atoms with Gasteiger partial charge < -0.3 is 14.4 Å². The van der Waals surface area contributed by atoms with Crippen molar-refractivity contribution >= 4 is 17.4 Å².